The second-order valence-electron chi connectivity index (χ2n) is 6.06. The number of amides is 1. The van der Waals surface area contributed by atoms with Gasteiger partial charge in [0, 0.05) is 5.56 Å². The van der Waals surface area contributed by atoms with Crippen LogP contribution < -0.4 is 5.32 Å². The van der Waals surface area contributed by atoms with Gasteiger partial charge in [0.05, 0.1) is 5.69 Å². The average Bonchev–Trinajstić information content (AvgIpc) is 2.52. The molecule has 1 unspecified atom stereocenters. The minimum Gasteiger partial charge on any atom is -0.373 e. The molecule has 1 aromatic rings. The van der Waals surface area contributed by atoms with Crippen LogP contribution in [0.2, 0.25) is 0 Å². The van der Waals surface area contributed by atoms with E-state index in [1.807, 2.05) is 0 Å². The Kier molecular flexibility index (Phi) is 5.72. The molecule has 0 bridgehead atoms. The van der Waals surface area contributed by atoms with Crippen molar-refractivity contribution in [1.29, 1.82) is 0 Å². The first kappa shape index (κ1) is 16.7. The highest BCUT2D eigenvalue weighted by molar-refractivity contribution is 6.26. The molecule has 1 heterocycles. The number of ketones is 1. The van der Waals surface area contributed by atoms with Crippen LogP contribution in [0.3, 0.4) is 0 Å². The minimum atomic E-state index is -1.90. The lowest BCUT2D eigenvalue weighted by Gasteiger charge is -2.30. The van der Waals surface area contributed by atoms with Gasteiger partial charge in [0.1, 0.15) is 0 Å². The van der Waals surface area contributed by atoms with Crippen molar-refractivity contribution >= 4 is 17.4 Å². The fraction of sp³-hybridized carbons (Fsp3) is 0.556. The van der Waals surface area contributed by atoms with Crippen LogP contribution in [0.4, 0.5) is 5.69 Å². The van der Waals surface area contributed by atoms with E-state index in [9.17, 15) is 14.7 Å². The summed E-state index contributed by atoms with van der Waals surface area (Å²) in [5.74, 6) is -1.07. The summed E-state index contributed by atoms with van der Waals surface area (Å²) >= 11 is 0. The number of carbonyl (C=O) groups excluding carboxylic acids is 2. The standard InChI is InChI=1S/C18H25NO3/c1-2-3-4-5-6-7-10-13-18(22)16(20)14-11-8-9-12-15(14)19-17(18)21/h8-9,11-12,22H,2-7,10,13H2,1H3,(H,19,21). The highest BCUT2D eigenvalue weighted by atomic mass is 16.3. The number of para-hydroxylation sites is 1. The van der Waals surface area contributed by atoms with E-state index in [2.05, 4.69) is 12.2 Å². The molecular weight excluding hydrogens is 278 g/mol. The third-order valence-corrected chi connectivity index (χ3v) is 4.31. The number of rotatable bonds is 8. The van der Waals surface area contributed by atoms with Crippen molar-refractivity contribution in [1.82, 2.24) is 0 Å². The molecule has 0 radical (unpaired) electrons. The number of anilines is 1. The largest absolute Gasteiger partial charge is 0.373 e. The van der Waals surface area contributed by atoms with E-state index in [0.717, 1.165) is 12.8 Å². The summed E-state index contributed by atoms with van der Waals surface area (Å²) < 4.78 is 0. The molecule has 1 atom stereocenters. The van der Waals surface area contributed by atoms with Gasteiger partial charge in [-0.25, -0.2) is 0 Å². The first-order valence-corrected chi connectivity index (χ1v) is 8.27. The normalized spacial score (nSPS) is 20.6. The fourth-order valence-electron chi connectivity index (χ4n) is 2.91. The van der Waals surface area contributed by atoms with Crippen molar-refractivity contribution < 1.29 is 14.7 Å². The van der Waals surface area contributed by atoms with Gasteiger partial charge in [-0.3, -0.25) is 9.59 Å². The molecule has 22 heavy (non-hydrogen) atoms. The van der Waals surface area contributed by atoms with E-state index in [4.69, 9.17) is 0 Å². The zero-order valence-corrected chi connectivity index (χ0v) is 13.2. The molecule has 4 heteroatoms. The third kappa shape index (κ3) is 3.55. The molecule has 0 spiro atoms. The summed E-state index contributed by atoms with van der Waals surface area (Å²) in [6, 6.07) is 6.82. The lowest BCUT2D eigenvalue weighted by Crippen LogP contribution is -2.53. The molecular formula is C18H25NO3. The van der Waals surface area contributed by atoms with Gasteiger partial charge < -0.3 is 10.4 Å². The van der Waals surface area contributed by atoms with Gasteiger partial charge >= 0.3 is 0 Å². The molecule has 1 aliphatic heterocycles. The molecule has 4 nitrogen and oxygen atoms in total. The summed E-state index contributed by atoms with van der Waals surface area (Å²) in [4.78, 5) is 24.6. The van der Waals surface area contributed by atoms with Crippen molar-refractivity contribution in [3.05, 3.63) is 29.8 Å². The number of fused-ring (bicyclic) bond motifs is 1. The Labute approximate surface area is 131 Å². The van der Waals surface area contributed by atoms with E-state index in [1.54, 1.807) is 24.3 Å². The highest BCUT2D eigenvalue weighted by Gasteiger charge is 2.47. The summed E-state index contributed by atoms with van der Waals surface area (Å²) in [5, 5.41) is 13.2. The van der Waals surface area contributed by atoms with E-state index in [1.165, 1.54) is 25.7 Å². The van der Waals surface area contributed by atoms with E-state index in [0.29, 0.717) is 17.7 Å². The van der Waals surface area contributed by atoms with Crippen molar-refractivity contribution in [3.63, 3.8) is 0 Å². The molecule has 0 fully saturated rings. The maximum Gasteiger partial charge on any atom is 0.264 e. The number of benzene rings is 1. The predicted octanol–water partition coefficient (Wildman–Crippen LogP) is 3.69. The van der Waals surface area contributed by atoms with Crippen LogP contribution in [-0.4, -0.2) is 22.4 Å². The van der Waals surface area contributed by atoms with Crippen LogP contribution in [0, 0.1) is 0 Å². The molecule has 2 N–H and O–H groups in total. The number of hydrogen-bond donors (Lipinski definition) is 2. The molecule has 0 saturated carbocycles. The van der Waals surface area contributed by atoms with Crippen LogP contribution in [0.25, 0.3) is 0 Å². The second kappa shape index (κ2) is 7.54. The van der Waals surface area contributed by atoms with Crippen molar-refractivity contribution in [2.24, 2.45) is 0 Å². The first-order chi connectivity index (χ1) is 10.6. The number of Topliss-reactive ketones (excluding diaryl/α,β-unsaturated/α-hetero) is 1. The Morgan fingerprint density at radius 2 is 1.64 bits per heavy atom. The van der Waals surface area contributed by atoms with Crippen LogP contribution in [-0.2, 0) is 4.79 Å². The van der Waals surface area contributed by atoms with Gasteiger partial charge in [-0.1, -0.05) is 57.6 Å². The SMILES string of the molecule is CCCCCCCCCC1(O)C(=O)Nc2ccccc2C1=O. The van der Waals surface area contributed by atoms with Gasteiger partial charge in [0.2, 0.25) is 11.4 Å². The molecule has 2 rings (SSSR count). The average molecular weight is 303 g/mol. The van der Waals surface area contributed by atoms with E-state index >= 15 is 0 Å². The maximum absolute atomic E-state index is 12.4. The van der Waals surface area contributed by atoms with E-state index in [-0.39, 0.29) is 6.42 Å². The van der Waals surface area contributed by atoms with Crippen LogP contribution in [0.15, 0.2) is 24.3 Å². The van der Waals surface area contributed by atoms with Crippen molar-refractivity contribution in [2.45, 2.75) is 63.9 Å². The third-order valence-electron chi connectivity index (χ3n) is 4.31. The highest BCUT2D eigenvalue weighted by Crippen LogP contribution is 2.31. The number of unbranched alkanes of at least 4 members (excludes halogenated alkanes) is 6. The summed E-state index contributed by atoms with van der Waals surface area (Å²) in [5.41, 5.74) is -1.02. The zero-order chi connectivity index (χ0) is 16.0. The minimum absolute atomic E-state index is 0.194. The maximum atomic E-state index is 12.4. The Balaban J connectivity index is 1.90. The topological polar surface area (TPSA) is 66.4 Å². The molecule has 0 saturated heterocycles. The second-order valence-corrected chi connectivity index (χ2v) is 6.06. The molecule has 1 aliphatic rings. The zero-order valence-electron chi connectivity index (χ0n) is 13.2. The quantitative estimate of drug-likeness (QED) is 0.568. The number of aliphatic hydroxyl groups is 1. The number of carbonyl (C=O) groups is 2. The Hall–Kier alpha value is -1.68. The predicted molar refractivity (Wildman–Crippen MR) is 87.0 cm³/mol. The number of hydrogen-bond acceptors (Lipinski definition) is 3. The monoisotopic (exact) mass is 303 g/mol. The summed E-state index contributed by atoms with van der Waals surface area (Å²) in [7, 11) is 0. The molecule has 0 aromatic heterocycles. The smallest absolute Gasteiger partial charge is 0.264 e. The van der Waals surface area contributed by atoms with Gasteiger partial charge in [0.15, 0.2) is 0 Å². The van der Waals surface area contributed by atoms with Crippen molar-refractivity contribution in [2.75, 3.05) is 5.32 Å². The van der Waals surface area contributed by atoms with Gasteiger partial charge in [-0.05, 0) is 25.0 Å². The van der Waals surface area contributed by atoms with Crippen LogP contribution in [0.1, 0.15) is 68.6 Å². The lowest BCUT2D eigenvalue weighted by atomic mass is 9.83. The Morgan fingerprint density at radius 3 is 2.36 bits per heavy atom. The summed E-state index contributed by atoms with van der Waals surface area (Å²) in [6.45, 7) is 2.18. The van der Waals surface area contributed by atoms with Crippen molar-refractivity contribution in [3.8, 4) is 0 Å². The van der Waals surface area contributed by atoms with Gasteiger partial charge in [0.25, 0.3) is 5.91 Å². The fourth-order valence-corrected chi connectivity index (χ4v) is 2.91. The molecule has 1 aromatic carbocycles. The Bertz CT molecular complexity index is 541. The van der Waals surface area contributed by atoms with Gasteiger partial charge in [-0.2, -0.15) is 0 Å². The number of nitrogens with one attached hydrogen (secondary N) is 1. The summed E-state index contributed by atoms with van der Waals surface area (Å²) in [6.07, 6.45) is 7.78. The molecule has 0 aliphatic carbocycles. The first-order valence-electron chi connectivity index (χ1n) is 8.27. The van der Waals surface area contributed by atoms with Crippen LogP contribution in [0.5, 0.6) is 0 Å². The van der Waals surface area contributed by atoms with E-state index < -0.39 is 17.3 Å². The lowest BCUT2D eigenvalue weighted by molar-refractivity contribution is -0.130. The van der Waals surface area contributed by atoms with Gasteiger partial charge in [-0.15, -0.1) is 0 Å². The Morgan fingerprint density at radius 1 is 1.00 bits per heavy atom. The van der Waals surface area contributed by atoms with Crippen LogP contribution >= 0.6 is 0 Å². The molecule has 1 amide bonds. The molecule has 120 valence electrons.